The molecule has 0 heterocycles. The fraction of sp³-hybridized carbons (Fsp3) is 0.167. The van der Waals surface area contributed by atoms with Gasteiger partial charge in [0, 0.05) is 11.9 Å². The normalized spacial score (nSPS) is 10.8. The van der Waals surface area contributed by atoms with Crippen LogP contribution >= 0.6 is 11.6 Å². The highest BCUT2D eigenvalue weighted by Gasteiger charge is 2.13. The predicted octanol–water partition coefficient (Wildman–Crippen LogP) is 5.73. The Morgan fingerprint density at radius 3 is 2.53 bits per heavy atom. The molecule has 0 saturated heterocycles. The van der Waals surface area contributed by atoms with Crippen molar-refractivity contribution in [3.63, 3.8) is 0 Å². The summed E-state index contributed by atoms with van der Waals surface area (Å²) >= 11 is 6.39. The van der Waals surface area contributed by atoms with Crippen molar-refractivity contribution < 1.29 is 14.3 Å². The van der Waals surface area contributed by atoms with Crippen molar-refractivity contribution in [1.82, 2.24) is 0 Å². The number of ether oxygens (including phenoxy) is 2. The molecule has 6 heteroatoms. The SMILES string of the molecule is COc1cc(C=Nc2ccc(C)c(C)c2)cc(Cl)c1OCC(=O)Nc1ccccc1. The van der Waals surface area contributed by atoms with E-state index < -0.39 is 0 Å². The van der Waals surface area contributed by atoms with Gasteiger partial charge in [-0.25, -0.2) is 0 Å². The van der Waals surface area contributed by atoms with Gasteiger partial charge in [0.1, 0.15) is 0 Å². The van der Waals surface area contributed by atoms with E-state index in [1.54, 1.807) is 30.5 Å². The summed E-state index contributed by atoms with van der Waals surface area (Å²) in [5, 5.41) is 3.09. The number of aryl methyl sites for hydroxylation is 2. The van der Waals surface area contributed by atoms with Crippen LogP contribution in [0.25, 0.3) is 0 Å². The fourth-order valence-corrected chi connectivity index (χ4v) is 3.04. The van der Waals surface area contributed by atoms with Gasteiger partial charge in [-0.15, -0.1) is 0 Å². The molecule has 154 valence electrons. The molecule has 0 bridgehead atoms. The maximum atomic E-state index is 12.1. The van der Waals surface area contributed by atoms with Gasteiger partial charge in [0.25, 0.3) is 5.91 Å². The molecule has 0 aliphatic rings. The lowest BCUT2D eigenvalue weighted by Crippen LogP contribution is -2.20. The van der Waals surface area contributed by atoms with E-state index in [0.717, 1.165) is 11.3 Å². The summed E-state index contributed by atoms with van der Waals surface area (Å²) in [4.78, 5) is 16.6. The minimum absolute atomic E-state index is 0.193. The largest absolute Gasteiger partial charge is 0.493 e. The molecule has 3 aromatic carbocycles. The second-order valence-corrected chi connectivity index (χ2v) is 7.17. The molecule has 3 rings (SSSR count). The molecule has 0 atom stereocenters. The molecule has 3 aromatic rings. The van der Waals surface area contributed by atoms with E-state index in [9.17, 15) is 4.79 Å². The number of nitrogens with one attached hydrogen (secondary N) is 1. The number of para-hydroxylation sites is 1. The number of benzene rings is 3. The Labute approximate surface area is 181 Å². The van der Waals surface area contributed by atoms with Gasteiger partial charge < -0.3 is 14.8 Å². The first kappa shape index (κ1) is 21.4. The van der Waals surface area contributed by atoms with E-state index in [1.807, 2.05) is 43.3 Å². The van der Waals surface area contributed by atoms with Crippen molar-refractivity contribution in [2.24, 2.45) is 4.99 Å². The van der Waals surface area contributed by atoms with Crippen molar-refractivity contribution in [3.8, 4) is 11.5 Å². The number of halogens is 1. The highest BCUT2D eigenvalue weighted by Crippen LogP contribution is 2.36. The lowest BCUT2D eigenvalue weighted by atomic mass is 10.1. The van der Waals surface area contributed by atoms with Crippen LogP contribution in [0.1, 0.15) is 16.7 Å². The highest BCUT2D eigenvalue weighted by molar-refractivity contribution is 6.32. The standard InChI is InChI=1S/C24H23ClN2O3/c1-16-9-10-20(11-17(16)2)26-14-18-12-21(25)24(22(13-18)29-3)30-15-23(28)27-19-7-5-4-6-8-19/h4-14H,15H2,1-3H3,(H,27,28). The Balaban J connectivity index is 1.71. The van der Waals surface area contributed by atoms with Gasteiger partial charge in [-0.1, -0.05) is 35.9 Å². The second kappa shape index (κ2) is 9.94. The quantitative estimate of drug-likeness (QED) is 0.494. The van der Waals surface area contributed by atoms with E-state index >= 15 is 0 Å². The smallest absolute Gasteiger partial charge is 0.262 e. The van der Waals surface area contributed by atoms with Gasteiger partial charge in [0.15, 0.2) is 18.1 Å². The van der Waals surface area contributed by atoms with Crippen LogP contribution in [0.4, 0.5) is 11.4 Å². The Morgan fingerprint density at radius 2 is 1.83 bits per heavy atom. The van der Waals surface area contributed by atoms with Crippen LogP contribution in [0.15, 0.2) is 65.7 Å². The van der Waals surface area contributed by atoms with Crippen molar-refractivity contribution in [2.45, 2.75) is 13.8 Å². The lowest BCUT2D eigenvalue weighted by Gasteiger charge is -2.13. The number of hydrogen-bond donors (Lipinski definition) is 1. The van der Waals surface area contributed by atoms with Crippen molar-refractivity contribution in [2.75, 3.05) is 19.0 Å². The zero-order valence-corrected chi connectivity index (χ0v) is 17.9. The molecule has 1 amide bonds. The predicted molar refractivity (Wildman–Crippen MR) is 122 cm³/mol. The first-order valence-electron chi connectivity index (χ1n) is 9.43. The zero-order valence-electron chi connectivity index (χ0n) is 17.1. The number of carbonyl (C=O) groups excluding carboxylic acids is 1. The van der Waals surface area contributed by atoms with Gasteiger partial charge >= 0.3 is 0 Å². The van der Waals surface area contributed by atoms with Crippen LogP contribution in [0.5, 0.6) is 11.5 Å². The molecule has 1 N–H and O–H groups in total. The number of anilines is 1. The topological polar surface area (TPSA) is 59.9 Å². The van der Waals surface area contributed by atoms with E-state index in [4.69, 9.17) is 21.1 Å². The molecule has 0 fully saturated rings. The average molecular weight is 423 g/mol. The van der Waals surface area contributed by atoms with Crippen LogP contribution in [0.2, 0.25) is 5.02 Å². The first-order valence-corrected chi connectivity index (χ1v) is 9.80. The van der Waals surface area contributed by atoms with E-state index in [2.05, 4.69) is 17.2 Å². The summed E-state index contributed by atoms with van der Waals surface area (Å²) in [5.74, 6) is 0.446. The Hall–Kier alpha value is -3.31. The third kappa shape index (κ3) is 5.61. The number of aliphatic imine (C=N–C) groups is 1. The van der Waals surface area contributed by atoms with Crippen LogP contribution in [0, 0.1) is 13.8 Å². The molecule has 30 heavy (non-hydrogen) atoms. The summed E-state index contributed by atoms with van der Waals surface area (Å²) < 4.78 is 11.0. The molecule has 0 aromatic heterocycles. The number of amides is 1. The summed E-state index contributed by atoms with van der Waals surface area (Å²) in [6, 6.07) is 18.7. The summed E-state index contributed by atoms with van der Waals surface area (Å²) in [7, 11) is 1.52. The molecular formula is C24H23ClN2O3. The highest BCUT2D eigenvalue weighted by atomic mass is 35.5. The van der Waals surface area contributed by atoms with Crippen LogP contribution in [-0.4, -0.2) is 25.8 Å². The van der Waals surface area contributed by atoms with E-state index in [-0.39, 0.29) is 12.5 Å². The average Bonchev–Trinajstić information content (AvgIpc) is 2.74. The van der Waals surface area contributed by atoms with Crippen molar-refractivity contribution in [3.05, 3.63) is 82.4 Å². The van der Waals surface area contributed by atoms with Gasteiger partial charge in [0.05, 0.1) is 17.8 Å². The fourth-order valence-electron chi connectivity index (χ4n) is 2.77. The number of carbonyl (C=O) groups is 1. The second-order valence-electron chi connectivity index (χ2n) is 6.76. The molecule has 0 unspecified atom stereocenters. The third-order valence-electron chi connectivity index (χ3n) is 4.51. The molecule has 0 radical (unpaired) electrons. The molecule has 0 saturated carbocycles. The summed E-state index contributed by atoms with van der Waals surface area (Å²) in [5.41, 5.74) is 4.71. The maximum Gasteiger partial charge on any atom is 0.262 e. The third-order valence-corrected chi connectivity index (χ3v) is 4.79. The molecule has 5 nitrogen and oxygen atoms in total. The molecule has 0 aliphatic carbocycles. The minimum Gasteiger partial charge on any atom is -0.493 e. The summed E-state index contributed by atoms with van der Waals surface area (Å²) in [6.45, 7) is 3.92. The van der Waals surface area contributed by atoms with Gasteiger partial charge in [-0.05, 0) is 66.9 Å². The number of hydrogen-bond acceptors (Lipinski definition) is 4. The van der Waals surface area contributed by atoms with Gasteiger partial charge in [-0.2, -0.15) is 0 Å². The van der Waals surface area contributed by atoms with E-state index in [0.29, 0.717) is 22.2 Å². The van der Waals surface area contributed by atoms with Gasteiger partial charge in [0.2, 0.25) is 0 Å². The van der Waals surface area contributed by atoms with Crippen LogP contribution in [0.3, 0.4) is 0 Å². The Bertz CT molecular complexity index is 1070. The molecule has 0 spiro atoms. The zero-order chi connectivity index (χ0) is 21.5. The molecule has 0 aliphatic heterocycles. The van der Waals surface area contributed by atoms with Crippen molar-refractivity contribution >= 4 is 35.1 Å². The van der Waals surface area contributed by atoms with Crippen molar-refractivity contribution in [1.29, 1.82) is 0 Å². The minimum atomic E-state index is -0.292. The molecular weight excluding hydrogens is 400 g/mol. The summed E-state index contributed by atoms with van der Waals surface area (Å²) in [6.07, 6.45) is 1.71. The first-order chi connectivity index (χ1) is 14.5. The Morgan fingerprint density at radius 1 is 1.07 bits per heavy atom. The van der Waals surface area contributed by atoms with Crippen LogP contribution in [-0.2, 0) is 4.79 Å². The number of nitrogens with zero attached hydrogens (tertiary/aromatic N) is 1. The maximum absolute atomic E-state index is 12.1. The van der Waals surface area contributed by atoms with E-state index in [1.165, 1.54) is 18.2 Å². The lowest BCUT2D eigenvalue weighted by molar-refractivity contribution is -0.118. The monoisotopic (exact) mass is 422 g/mol. The number of methoxy groups -OCH3 is 1. The Kier molecular flexibility index (Phi) is 7.09. The van der Waals surface area contributed by atoms with Gasteiger partial charge in [-0.3, -0.25) is 9.79 Å². The van der Waals surface area contributed by atoms with Crippen LogP contribution < -0.4 is 14.8 Å². The number of rotatable bonds is 7.